The van der Waals surface area contributed by atoms with Crippen molar-refractivity contribution in [2.24, 2.45) is 5.92 Å². The van der Waals surface area contributed by atoms with Gasteiger partial charge < -0.3 is 10.2 Å². The summed E-state index contributed by atoms with van der Waals surface area (Å²) in [6, 6.07) is 16.0. The predicted octanol–water partition coefficient (Wildman–Crippen LogP) is 4.54. The van der Waals surface area contributed by atoms with Gasteiger partial charge in [-0.05, 0) is 42.4 Å². The Hall–Kier alpha value is -2.62. The monoisotopic (exact) mass is 378 g/mol. The van der Waals surface area contributed by atoms with E-state index in [1.807, 2.05) is 54.3 Å². The highest BCUT2D eigenvalue weighted by Crippen LogP contribution is 2.29. The molecule has 1 saturated heterocycles. The van der Waals surface area contributed by atoms with E-state index in [0.717, 1.165) is 29.7 Å². The van der Waals surface area contributed by atoms with Crippen LogP contribution in [0.4, 0.5) is 5.69 Å². The highest BCUT2D eigenvalue weighted by Gasteiger charge is 2.28. The highest BCUT2D eigenvalue weighted by molar-refractivity contribution is 5.94. The summed E-state index contributed by atoms with van der Waals surface area (Å²) in [7, 11) is 0. The number of carbonyl (C=O) groups is 2. The summed E-state index contributed by atoms with van der Waals surface area (Å²) in [6.07, 6.45) is 1.86. The molecule has 0 bridgehead atoms. The van der Waals surface area contributed by atoms with Crippen LogP contribution in [0.2, 0.25) is 0 Å². The van der Waals surface area contributed by atoms with Crippen molar-refractivity contribution >= 4 is 17.5 Å². The first-order valence-electron chi connectivity index (χ1n) is 10.2. The van der Waals surface area contributed by atoms with Crippen molar-refractivity contribution in [3.63, 3.8) is 0 Å². The maximum absolute atomic E-state index is 12.8. The number of para-hydroxylation sites is 1. The van der Waals surface area contributed by atoms with Gasteiger partial charge in [-0.25, -0.2) is 0 Å². The quantitative estimate of drug-likeness (QED) is 0.830. The van der Waals surface area contributed by atoms with Crippen LogP contribution in [0.25, 0.3) is 0 Å². The number of amides is 2. The molecule has 0 unspecified atom stereocenters. The molecule has 1 N–H and O–H groups in total. The maximum Gasteiger partial charge on any atom is 0.227 e. The van der Waals surface area contributed by atoms with Crippen LogP contribution in [0, 0.1) is 12.8 Å². The van der Waals surface area contributed by atoms with Crippen molar-refractivity contribution in [1.82, 2.24) is 4.90 Å². The average Bonchev–Trinajstić information content (AvgIpc) is 2.70. The fourth-order valence-electron chi connectivity index (χ4n) is 3.84. The largest absolute Gasteiger partial charge is 0.342 e. The van der Waals surface area contributed by atoms with Crippen LogP contribution in [-0.4, -0.2) is 29.8 Å². The Morgan fingerprint density at radius 3 is 2.36 bits per heavy atom. The number of hydrogen-bond donors (Lipinski definition) is 1. The van der Waals surface area contributed by atoms with E-state index in [0.29, 0.717) is 25.4 Å². The second-order valence-corrected chi connectivity index (χ2v) is 8.00. The molecule has 0 atom stereocenters. The van der Waals surface area contributed by atoms with Gasteiger partial charge >= 0.3 is 0 Å². The van der Waals surface area contributed by atoms with Crippen molar-refractivity contribution in [3.05, 3.63) is 65.2 Å². The fourth-order valence-corrected chi connectivity index (χ4v) is 3.84. The minimum atomic E-state index is -0.0413. The van der Waals surface area contributed by atoms with E-state index >= 15 is 0 Å². The molecule has 4 heteroatoms. The number of benzene rings is 2. The van der Waals surface area contributed by atoms with Gasteiger partial charge in [0.2, 0.25) is 11.8 Å². The number of rotatable bonds is 5. The Kier molecular flexibility index (Phi) is 6.50. The Bertz CT molecular complexity index is 822. The van der Waals surface area contributed by atoms with Gasteiger partial charge in [-0.1, -0.05) is 62.4 Å². The molecular formula is C24H30N2O2. The molecule has 0 aromatic heterocycles. The third kappa shape index (κ3) is 4.80. The Morgan fingerprint density at radius 2 is 1.71 bits per heavy atom. The summed E-state index contributed by atoms with van der Waals surface area (Å²) in [6.45, 7) is 7.61. The van der Waals surface area contributed by atoms with Gasteiger partial charge in [-0.3, -0.25) is 9.59 Å². The summed E-state index contributed by atoms with van der Waals surface area (Å²) in [4.78, 5) is 27.3. The van der Waals surface area contributed by atoms with Gasteiger partial charge in [0.25, 0.3) is 0 Å². The average molecular weight is 379 g/mol. The molecule has 2 aromatic carbocycles. The third-order valence-electron chi connectivity index (χ3n) is 5.59. The lowest BCUT2D eigenvalue weighted by atomic mass is 9.94. The molecule has 1 aliphatic heterocycles. The molecule has 0 saturated carbocycles. The zero-order valence-corrected chi connectivity index (χ0v) is 17.1. The normalized spacial score (nSPS) is 14.9. The maximum atomic E-state index is 12.8. The summed E-state index contributed by atoms with van der Waals surface area (Å²) in [5, 5.41) is 3.17. The molecule has 0 radical (unpaired) electrons. The molecule has 1 fully saturated rings. The molecule has 1 aliphatic rings. The van der Waals surface area contributed by atoms with Crippen LogP contribution in [0.5, 0.6) is 0 Å². The smallest absolute Gasteiger partial charge is 0.227 e. The number of likely N-dealkylation sites (tertiary alicyclic amines) is 1. The number of nitrogens with zero attached hydrogens (tertiary/aromatic N) is 1. The SMILES string of the molecule is Cc1cccc(C(C)C)c1NC(=O)C1CCN(C(=O)Cc2ccccc2)CC1. The molecule has 148 valence electrons. The second-order valence-electron chi connectivity index (χ2n) is 8.00. The molecule has 0 spiro atoms. The molecule has 0 aliphatic carbocycles. The number of piperidine rings is 1. The Morgan fingerprint density at radius 1 is 1.04 bits per heavy atom. The molecule has 1 heterocycles. The predicted molar refractivity (Wildman–Crippen MR) is 113 cm³/mol. The Labute approximate surface area is 167 Å². The first-order valence-corrected chi connectivity index (χ1v) is 10.2. The van der Waals surface area contributed by atoms with Crippen LogP contribution in [0.3, 0.4) is 0 Å². The van der Waals surface area contributed by atoms with E-state index < -0.39 is 0 Å². The third-order valence-corrected chi connectivity index (χ3v) is 5.59. The first-order chi connectivity index (χ1) is 13.5. The van der Waals surface area contributed by atoms with Crippen LogP contribution in [0.15, 0.2) is 48.5 Å². The van der Waals surface area contributed by atoms with E-state index in [-0.39, 0.29) is 17.7 Å². The lowest BCUT2D eigenvalue weighted by Gasteiger charge is -2.32. The Balaban J connectivity index is 1.57. The zero-order valence-electron chi connectivity index (χ0n) is 17.1. The van der Waals surface area contributed by atoms with Gasteiger partial charge in [0.05, 0.1) is 6.42 Å². The highest BCUT2D eigenvalue weighted by atomic mass is 16.2. The van der Waals surface area contributed by atoms with Crippen molar-refractivity contribution in [2.75, 3.05) is 18.4 Å². The standard InChI is InChI=1S/C24H30N2O2/c1-17(2)21-11-7-8-18(3)23(21)25-24(28)20-12-14-26(15-13-20)22(27)16-19-9-5-4-6-10-19/h4-11,17,20H,12-16H2,1-3H3,(H,25,28). The van der Waals surface area contributed by atoms with Crippen LogP contribution < -0.4 is 5.32 Å². The minimum Gasteiger partial charge on any atom is -0.342 e. The van der Waals surface area contributed by atoms with Gasteiger partial charge in [-0.15, -0.1) is 0 Å². The fraction of sp³-hybridized carbons (Fsp3) is 0.417. The number of anilines is 1. The van der Waals surface area contributed by atoms with Gasteiger partial charge in [0, 0.05) is 24.7 Å². The number of aryl methyl sites for hydroxylation is 1. The van der Waals surface area contributed by atoms with Gasteiger partial charge in [0.15, 0.2) is 0 Å². The van der Waals surface area contributed by atoms with Crippen molar-refractivity contribution < 1.29 is 9.59 Å². The van der Waals surface area contributed by atoms with Crippen molar-refractivity contribution in [3.8, 4) is 0 Å². The number of carbonyl (C=O) groups excluding carboxylic acids is 2. The molecule has 2 aromatic rings. The molecular weight excluding hydrogens is 348 g/mol. The number of nitrogens with one attached hydrogen (secondary N) is 1. The van der Waals surface area contributed by atoms with Gasteiger partial charge in [-0.2, -0.15) is 0 Å². The van der Waals surface area contributed by atoms with E-state index in [4.69, 9.17) is 0 Å². The lowest BCUT2D eigenvalue weighted by molar-refractivity contribution is -0.133. The zero-order chi connectivity index (χ0) is 20.1. The molecule has 3 rings (SSSR count). The van der Waals surface area contributed by atoms with Crippen molar-refractivity contribution in [2.45, 2.75) is 46.0 Å². The summed E-state index contributed by atoms with van der Waals surface area (Å²) in [5.41, 5.74) is 4.25. The van der Waals surface area contributed by atoms with E-state index in [1.165, 1.54) is 5.56 Å². The number of hydrogen-bond acceptors (Lipinski definition) is 2. The van der Waals surface area contributed by atoms with E-state index in [2.05, 4.69) is 25.2 Å². The topological polar surface area (TPSA) is 49.4 Å². The summed E-state index contributed by atoms with van der Waals surface area (Å²) in [5.74, 6) is 0.533. The van der Waals surface area contributed by atoms with Crippen LogP contribution in [0.1, 0.15) is 49.3 Å². The molecule has 28 heavy (non-hydrogen) atoms. The lowest BCUT2D eigenvalue weighted by Crippen LogP contribution is -2.42. The van der Waals surface area contributed by atoms with Crippen LogP contribution >= 0.6 is 0 Å². The van der Waals surface area contributed by atoms with E-state index in [1.54, 1.807) is 0 Å². The molecule has 2 amide bonds. The van der Waals surface area contributed by atoms with Crippen molar-refractivity contribution in [1.29, 1.82) is 0 Å². The minimum absolute atomic E-state index is 0.0413. The summed E-state index contributed by atoms with van der Waals surface area (Å²) < 4.78 is 0. The van der Waals surface area contributed by atoms with E-state index in [9.17, 15) is 9.59 Å². The van der Waals surface area contributed by atoms with Crippen LogP contribution in [-0.2, 0) is 16.0 Å². The summed E-state index contributed by atoms with van der Waals surface area (Å²) >= 11 is 0. The molecule has 4 nitrogen and oxygen atoms in total. The second kappa shape index (κ2) is 9.05. The first kappa shape index (κ1) is 20.1. The van der Waals surface area contributed by atoms with Gasteiger partial charge in [0.1, 0.15) is 0 Å².